The van der Waals surface area contributed by atoms with Crippen LogP contribution >= 0.6 is 0 Å². The lowest BCUT2D eigenvalue weighted by Crippen LogP contribution is -2.70. The summed E-state index contributed by atoms with van der Waals surface area (Å²) in [6.45, 7) is 7.25. The molecule has 8 rings (SSSR count). The molecule has 13 nitrogen and oxygen atoms in total. The number of nitrogens with one attached hydrogen (secondary N) is 1. The third-order valence-corrected chi connectivity index (χ3v) is 12.8. The fraction of sp³-hybridized carbons (Fsp3) is 0.490. The number of rotatable bonds is 20. The molecular weight excluding hydrogens is 791 g/mol. The summed E-state index contributed by atoms with van der Waals surface area (Å²) in [4.78, 5) is 35.9. The number of aliphatic hydroxyl groups excluding tert-OH is 2. The van der Waals surface area contributed by atoms with E-state index < -0.39 is 23.8 Å². The Kier molecular flexibility index (Phi) is 13.8. The van der Waals surface area contributed by atoms with E-state index in [9.17, 15) is 19.8 Å². The van der Waals surface area contributed by atoms with E-state index in [1.165, 1.54) is 0 Å². The van der Waals surface area contributed by atoms with Crippen molar-refractivity contribution in [2.75, 3.05) is 33.2 Å². The summed E-state index contributed by atoms with van der Waals surface area (Å²) < 4.78 is 31.8. The van der Waals surface area contributed by atoms with Crippen molar-refractivity contribution in [3.63, 3.8) is 0 Å². The Labute approximate surface area is 363 Å². The minimum Gasteiger partial charge on any atom is -0.459 e. The molecule has 3 aliphatic carbocycles. The molecule has 0 bridgehead atoms. The Balaban J connectivity index is 1.32. The van der Waals surface area contributed by atoms with Crippen LogP contribution in [-0.2, 0) is 27.5 Å². The fourth-order valence-electron chi connectivity index (χ4n) is 9.90. The predicted molar refractivity (Wildman–Crippen MR) is 232 cm³/mol. The molecule has 3 N–H and O–H groups in total. The minimum atomic E-state index is -1.43. The molecule has 0 aromatic heterocycles. The Morgan fingerprint density at radius 3 is 2.48 bits per heavy atom. The molecule has 2 amide bonds. The number of amides is 2. The molecule has 6 atom stereocenters. The van der Waals surface area contributed by atoms with Crippen LogP contribution in [0.3, 0.4) is 0 Å². The van der Waals surface area contributed by atoms with Crippen LogP contribution < -0.4 is 24.3 Å². The van der Waals surface area contributed by atoms with Crippen LogP contribution in [-0.4, -0.2) is 77.8 Å². The number of nitrogens with zero attached hydrogens (tertiary/aromatic N) is 2. The van der Waals surface area contributed by atoms with Gasteiger partial charge in [-0.2, -0.15) is 0 Å². The molecule has 13 heteroatoms. The first-order valence-corrected chi connectivity index (χ1v) is 22.3. The highest BCUT2D eigenvalue weighted by Gasteiger charge is 2.66. The minimum absolute atomic E-state index is 0.00903. The molecule has 2 saturated carbocycles. The fourth-order valence-corrected chi connectivity index (χ4v) is 9.90. The van der Waals surface area contributed by atoms with Crippen molar-refractivity contribution in [3.8, 4) is 23.0 Å². The van der Waals surface area contributed by atoms with Crippen molar-refractivity contribution in [2.45, 2.75) is 95.6 Å². The van der Waals surface area contributed by atoms with Crippen LogP contribution in [0.15, 0.2) is 96.2 Å². The summed E-state index contributed by atoms with van der Waals surface area (Å²) in [5.41, 5.74) is 4.34. The lowest BCUT2D eigenvalue weighted by molar-refractivity contribution is -0.258. The van der Waals surface area contributed by atoms with Gasteiger partial charge in [0, 0.05) is 50.1 Å². The lowest BCUT2D eigenvalue weighted by atomic mass is 9.55. The smallest absolute Gasteiger partial charge is 0.412 e. The molecule has 0 radical (unpaired) electrons. The molecule has 2 fully saturated rings. The largest absolute Gasteiger partial charge is 0.459 e. The van der Waals surface area contributed by atoms with Gasteiger partial charge in [-0.3, -0.25) is 4.79 Å². The molecule has 3 aromatic rings. The van der Waals surface area contributed by atoms with Crippen LogP contribution in [0.1, 0.15) is 87.3 Å². The summed E-state index contributed by atoms with van der Waals surface area (Å²) in [7, 11) is 0. The Hall–Kier alpha value is -5.37. The molecule has 0 unspecified atom stereocenters. The van der Waals surface area contributed by atoms with E-state index >= 15 is 0 Å². The normalized spacial score (nSPS) is 24.9. The van der Waals surface area contributed by atoms with Crippen molar-refractivity contribution in [1.82, 2.24) is 10.2 Å². The average Bonchev–Trinajstić information content (AvgIpc) is 4.03. The topological polar surface area (TPSA) is 158 Å². The van der Waals surface area contributed by atoms with Crippen LogP contribution in [0, 0.1) is 23.7 Å². The van der Waals surface area contributed by atoms with E-state index in [4.69, 9.17) is 33.7 Å². The number of unbranched alkanes of at least 4 members (excludes halogenated alkanes) is 2. The molecule has 0 spiro atoms. The molecule has 330 valence electrons. The number of allylic oxidation sites excluding steroid dienone is 1. The molecule has 5 aliphatic rings. The lowest BCUT2D eigenvalue weighted by Gasteiger charge is -2.60. The van der Waals surface area contributed by atoms with Gasteiger partial charge in [0.1, 0.15) is 24.1 Å². The molecule has 0 saturated heterocycles. The maximum atomic E-state index is 14.9. The van der Waals surface area contributed by atoms with Gasteiger partial charge in [-0.15, -0.1) is 6.58 Å². The maximum Gasteiger partial charge on any atom is 0.412 e. The predicted octanol–water partition coefficient (Wildman–Crippen LogP) is 7.80. The van der Waals surface area contributed by atoms with Crippen LogP contribution in [0.4, 0.5) is 4.79 Å². The molecular formula is C49H59N3O10. The van der Waals surface area contributed by atoms with E-state index in [1.807, 2.05) is 72.5 Å². The van der Waals surface area contributed by atoms with Gasteiger partial charge in [0.2, 0.25) is 18.5 Å². The van der Waals surface area contributed by atoms with Gasteiger partial charge < -0.3 is 49.0 Å². The zero-order chi connectivity index (χ0) is 43.1. The second kappa shape index (κ2) is 19.8. The van der Waals surface area contributed by atoms with E-state index in [2.05, 4.69) is 18.0 Å². The van der Waals surface area contributed by atoms with Crippen molar-refractivity contribution in [2.24, 2.45) is 28.8 Å². The van der Waals surface area contributed by atoms with Gasteiger partial charge in [-0.25, -0.2) is 4.79 Å². The molecule has 2 aliphatic heterocycles. The third-order valence-electron chi connectivity index (χ3n) is 12.8. The number of hydrogen-bond acceptors (Lipinski definition) is 11. The first-order valence-electron chi connectivity index (χ1n) is 22.3. The van der Waals surface area contributed by atoms with Crippen LogP contribution in [0.25, 0.3) is 0 Å². The average molecular weight is 850 g/mol. The number of oxime groups is 1. The van der Waals surface area contributed by atoms with Crippen molar-refractivity contribution >= 4 is 17.7 Å². The second-order valence-corrected chi connectivity index (χ2v) is 16.9. The van der Waals surface area contributed by atoms with Crippen molar-refractivity contribution in [1.29, 1.82) is 0 Å². The zero-order valence-corrected chi connectivity index (χ0v) is 35.5. The molecule has 62 heavy (non-hydrogen) atoms. The molecule has 2 heterocycles. The highest BCUT2D eigenvalue weighted by Crippen LogP contribution is 2.62. The summed E-state index contributed by atoms with van der Waals surface area (Å²) in [5.74, 6) is -0.0401. The van der Waals surface area contributed by atoms with Crippen LogP contribution in [0.5, 0.6) is 23.0 Å². The summed E-state index contributed by atoms with van der Waals surface area (Å²) in [6.07, 6.45) is 9.80. The van der Waals surface area contributed by atoms with Gasteiger partial charge in [0.15, 0.2) is 11.5 Å². The number of benzene rings is 3. The molecule has 3 aromatic carbocycles. The standard InChI is InChI=1S/C49H59N3O10/c1-3-24-59-49-44(52(47(55)34-17-18-34)29-33-16-20-42-43(25-33)58-31-57-42)28-40(51-60-30-32-12-6-5-7-13-32)38-26-35(14-8-10-22-53)37(15-9-11-23-54)45(46(38)49)39-27-36(19-21-41(39)62-49)61-48(56)50-4-2/h3,5-7,12-13,16,19-21,25-27,34-35,37,44-46,53-54H,1,4,8-11,14-15,17-18,22-24,28-31H2,2H3,(H,50,56)/t35-,37+,44-,45+,46+,49+/m0/s1. The van der Waals surface area contributed by atoms with Gasteiger partial charge in [-0.05, 0) is 104 Å². The SMILES string of the molecule is C=CCO[C@@]12Oc3ccc(OC(=O)NCC)cc3[C@H]3[C@H](CCCCO)[C@@H](CCCCO)C=C(C(=NOCc4ccccc4)C[C@@H]1N(Cc1ccc4c(c1)OCO4)C(=O)C1CC1)[C@H]32. The highest BCUT2D eigenvalue weighted by molar-refractivity contribution is 6.03. The van der Waals surface area contributed by atoms with E-state index in [0.29, 0.717) is 48.1 Å². The van der Waals surface area contributed by atoms with E-state index in [-0.39, 0.29) is 75.8 Å². The number of hydrogen-bond donors (Lipinski definition) is 3. The van der Waals surface area contributed by atoms with Crippen LogP contribution in [0.2, 0.25) is 0 Å². The third kappa shape index (κ3) is 9.21. The number of ether oxygens (including phenoxy) is 5. The summed E-state index contributed by atoms with van der Waals surface area (Å²) in [6, 6.07) is 20.5. The van der Waals surface area contributed by atoms with Gasteiger partial charge in [0.05, 0.1) is 18.2 Å². The Morgan fingerprint density at radius 2 is 1.73 bits per heavy atom. The maximum absolute atomic E-state index is 14.9. The first kappa shape index (κ1) is 43.3. The number of carbonyl (C=O) groups is 2. The van der Waals surface area contributed by atoms with Crippen molar-refractivity contribution in [3.05, 3.63) is 108 Å². The Morgan fingerprint density at radius 1 is 0.952 bits per heavy atom. The first-order chi connectivity index (χ1) is 30.4. The van der Waals surface area contributed by atoms with Gasteiger partial charge in [-0.1, -0.05) is 66.5 Å². The Bertz CT molecular complexity index is 2120. The monoisotopic (exact) mass is 849 g/mol. The number of aliphatic hydroxyl groups is 2. The second-order valence-electron chi connectivity index (χ2n) is 16.9. The van der Waals surface area contributed by atoms with Crippen molar-refractivity contribution < 1.29 is 48.3 Å². The number of carbonyl (C=O) groups excluding carboxylic acids is 2. The highest BCUT2D eigenvalue weighted by atomic mass is 16.7. The number of fused-ring (bicyclic) bond motifs is 3. The summed E-state index contributed by atoms with van der Waals surface area (Å²) in [5, 5.41) is 27.6. The summed E-state index contributed by atoms with van der Waals surface area (Å²) >= 11 is 0. The quantitative estimate of drug-likeness (QED) is 0.0583. The van der Waals surface area contributed by atoms with Gasteiger partial charge >= 0.3 is 6.09 Å². The van der Waals surface area contributed by atoms with E-state index in [1.54, 1.807) is 12.1 Å². The van der Waals surface area contributed by atoms with Gasteiger partial charge in [0.25, 0.3) is 0 Å². The van der Waals surface area contributed by atoms with E-state index in [0.717, 1.165) is 60.8 Å². The zero-order valence-electron chi connectivity index (χ0n) is 35.5.